The number of aryl methyl sites for hydroxylation is 1. The number of aliphatic carboxylic acids is 1. The molecule has 8 nitrogen and oxygen atoms in total. The molecule has 1 amide bonds. The number of aromatic amines is 1. The molecule has 0 bridgehead atoms. The lowest BCUT2D eigenvalue weighted by Crippen LogP contribution is -2.13. The molecule has 0 saturated heterocycles. The molecule has 0 fully saturated rings. The minimum absolute atomic E-state index is 0.0562. The van der Waals surface area contributed by atoms with E-state index in [1.165, 1.54) is 0 Å². The summed E-state index contributed by atoms with van der Waals surface area (Å²) < 4.78 is 0. The average Bonchev–Trinajstić information content (AvgIpc) is 3.41. The van der Waals surface area contributed by atoms with Crippen molar-refractivity contribution in [2.75, 3.05) is 10.6 Å². The number of carbonyl (C=O) groups excluding carboxylic acids is 1. The summed E-state index contributed by atoms with van der Waals surface area (Å²) in [6.07, 6.45) is 2.32. The van der Waals surface area contributed by atoms with E-state index in [-0.39, 0.29) is 12.3 Å². The van der Waals surface area contributed by atoms with E-state index < -0.39 is 5.97 Å². The molecule has 5 rings (SSSR count). The predicted octanol–water partition coefficient (Wildman–Crippen LogP) is 6.26. The summed E-state index contributed by atoms with van der Waals surface area (Å²) in [5.41, 5.74) is 15.7. The summed E-state index contributed by atoms with van der Waals surface area (Å²) in [5.74, 6) is -0.632. The van der Waals surface area contributed by atoms with Crippen molar-refractivity contribution in [2.45, 2.75) is 26.7 Å². The van der Waals surface area contributed by atoms with Gasteiger partial charge in [0.2, 0.25) is 0 Å². The Bertz CT molecular complexity index is 1730. The normalized spacial score (nSPS) is 13.7. The quantitative estimate of drug-likeness (QED) is 0.0962. The van der Waals surface area contributed by atoms with Gasteiger partial charge in [-0.3, -0.25) is 9.59 Å². The van der Waals surface area contributed by atoms with Gasteiger partial charge in [-0.15, -0.1) is 0 Å². The number of fused-ring (bicyclic) bond motifs is 1. The number of rotatable bonds is 9. The van der Waals surface area contributed by atoms with Gasteiger partial charge in [0.05, 0.1) is 17.0 Å². The molecular formula is C33H31N5O3. The number of nitrogens with zero attached hydrogens (tertiary/aromatic N) is 1. The molecular weight excluding hydrogens is 514 g/mol. The summed E-state index contributed by atoms with van der Waals surface area (Å²) >= 11 is 0. The molecule has 0 spiro atoms. The van der Waals surface area contributed by atoms with Gasteiger partial charge in [0, 0.05) is 45.9 Å². The van der Waals surface area contributed by atoms with Gasteiger partial charge in [0.1, 0.15) is 5.84 Å². The fourth-order valence-electron chi connectivity index (χ4n) is 4.95. The zero-order valence-electron chi connectivity index (χ0n) is 22.9. The minimum atomic E-state index is -0.837. The Morgan fingerprint density at radius 1 is 1.02 bits per heavy atom. The van der Waals surface area contributed by atoms with Crippen LogP contribution in [0.15, 0.2) is 84.4 Å². The predicted molar refractivity (Wildman–Crippen MR) is 165 cm³/mol. The molecule has 206 valence electrons. The Morgan fingerprint density at radius 2 is 1.76 bits per heavy atom. The zero-order chi connectivity index (χ0) is 29.1. The van der Waals surface area contributed by atoms with Crippen LogP contribution >= 0.6 is 0 Å². The van der Waals surface area contributed by atoms with Crippen LogP contribution in [0.4, 0.5) is 17.1 Å². The number of nitrogens with two attached hydrogens (primary N) is 1. The molecule has 1 aromatic heterocycles. The third-order valence-electron chi connectivity index (χ3n) is 7.12. The molecule has 1 aliphatic heterocycles. The molecule has 3 aromatic carbocycles. The van der Waals surface area contributed by atoms with Crippen molar-refractivity contribution in [3.8, 4) is 0 Å². The van der Waals surface area contributed by atoms with E-state index in [0.717, 1.165) is 50.6 Å². The van der Waals surface area contributed by atoms with Crippen molar-refractivity contribution in [3.63, 3.8) is 0 Å². The molecule has 0 radical (unpaired) electrons. The maximum atomic E-state index is 12.9. The number of amides is 1. The van der Waals surface area contributed by atoms with Gasteiger partial charge in [0.15, 0.2) is 0 Å². The van der Waals surface area contributed by atoms with Crippen molar-refractivity contribution in [1.29, 1.82) is 0 Å². The monoisotopic (exact) mass is 545 g/mol. The van der Waals surface area contributed by atoms with E-state index in [1.54, 1.807) is 0 Å². The molecule has 0 unspecified atom stereocenters. The number of amidine groups is 1. The SMILES string of the molecule is C=C(N=C(N)c1ccccc1)c1cccc(Nc2ccc3c(c2)NC(=O)/C3=C\c2[nH]c(C)c(CCC(=O)O)c2C)c1. The first-order valence-corrected chi connectivity index (χ1v) is 13.2. The van der Waals surface area contributed by atoms with Gasteiger partial charge in [-0.25, -0.2) is 4.99 Å². The molecule has 0 aliphatic carbocycles. The smallest absolute Gasteiger partial charge is 0.303 e. The molecule has 4 aromatic rings. The topological polar surface area (TPSA) is 133 Å². The minimum Gasteiger partial charge on any atom is -0.481 e. The molecule has 8 heteroatoms. The van der Waals surface area contributed by atoms with E-state index in [0.29, 0.717) is 29.2 Å². The number of aromatic nitrogens is 1. The van der Waals surface area contributed by atoms with Crippen LogP contribution in [0.2, 0.25) is 0 Å². The van der Waals surface area contributed by atoms with E-state index in [2.05, 4.69) is 27.2 Å². The Morgan fingerprint density at radius 3 is 2.51 bits per heavy atom. The summed E-state index contributed by atoms with van der Waals surface area (Å²) in [6.45, 7) is 7.95. The third kappa shape index (κ3) is 5.96. The number of benzene rings is 3. The molecule has 6 N–H and O–H groups in total. The Labute approximate surface area is 238 Å². The highest BCUT2D eigenvalue weighted by Crippen LogP contribution is 2.36. The van der Waals surface area contributed by atoms with Gasteiger partial charge in [0.25, 0.3) is 5.91 Å². The first kappa shape index (κ1) is 27.2. The lowest BCUT2D eigenvalue weighted by atomic mass is 10.0. The lowest BCUT2D eigenvalue weighted by Gasteiger charge is -2.10. The van der Waals surface area contributed by atoms with Gasteiger partial charge < -0.3 is 26.5 Å². The average molecular weight is 546 g/mol. The first-order chi connectivity index (χ1) is 19.7. The maximum Gasteiger partial charge on any atom is 0.303 e. The Balaban J connectivity index is 1.35. The summed E-state index contributed by atoms with van der Waals surface area (Å²) in [6, 6.07) is 23.0. The van der Waals surface area contributed by atoms with Gasteiger partial charge in [-0.05, 0) is 61.7 Å². The molecule has 0 atom stereocenters. The second kappa shape index (κ2) is 11.4. The number of aliphatic imine (C=N–C) groups is 1. The second-order valence-electron chi connectivity index (χ2n) is 9.95. The van der Waals surface area contributed by atoms with E-state index in [1.807, 2.05) is 92.7 Å². The number of carbonyl (C=O) groups is 2. The molecule has 2 heterocycles. The molecule has 41 heavy (non-hydrogen) atoms. The van der Waals surface area contributed by atoms with Crippen LogP contribution < -0.4 is 16.4 Å². The van der Waals surface area contributed by atoms with Crippen LogP contribution in [0.3, 0.4) is 0 Å². The van der Waals surface area contributed by atoms with Crippen molar-refractivity contribution >= 4 is 52.1 Å². The zero-order valence-corrected chi connectivity index (χ0v) is 22.9. The first-order valence-electron chi connectivity index (χ1n) is 13.2. The lowest BCUT2D eigenvalue weighted by molar-refractivity contribution is -0.137. The number of anilines is 3. The van der Waals surface area contributed by atoms with Crippen LogP contribution in [0.5, 0.6) is 0 Å². The largest absolute Gasteiger partial charge is 0.481 e. The van der Waals surface area contributed by atoms with Gasteiger partial charge in [-0.2, -0.15) is 0 Å². The second-order valence-corrected chi connectivity index (χ2v) is 9.95. The van der Waals surface area contributed by atoms with Gasteiger partial charge >= 0.3 is 5.97 Å². The Kier molecular flexibility index (Phi) is 7.56. The summed E-state index contributed by atoms with van der Waals surface area (Å²) in [5, 5.41) is 15.4. The standard InChI is InChI=1S/C33H31N5O3/c1-19-26(14-15-31(39)40)21(3)35-29(19)18-28-27-13-12-25(17-30(27)38-33(28)41)37-24-11-7-10-23(16-24)20(2)36-32(34)22-8-5-4-6-9-22/h4-13,16-18,35,37H,2,14-15H2,1,3H3,(H2,34,36)(H,38,41)(H,39,40)/b28-18-. The Hall–Kier alpha value is -5.37. The van der Waals surface area contributed by atoms with Crippen LogP contribution in [0.25, 0.3) is 17.3 Å². The highest BCUT2D eigenvalue weighted by Gasteiger charge is 2.25. The summed E-state index contributed by atoms with van der Waals surface area (Å²) in [7, 11) is 0. The maximum absolute atomic E-state index is 12.9. The summed E-state index contributed by atoms with van der Waals surface area (Å²) in [4.78, 5) is 31.7. The number of hydrogen-bond acceptors (Lipinski definition) is 4. The van der Waals surface area contributed by atoms with Crippen LogP contribution in [-0.4, -0.2) is 27.8 Å². The van der Waals surface area contributed by atoms with Crippen LogP contribution in [0.1, 0.15) is 45.6 Å². The van der Waals surface area contributed by atoms with E-state index in [4.69, 9.17) is 10.8 Å². The van der Waals surface area contributed by atoms with E-state index >= 15 is 0 Å². The van der Waals surface area contributed by atoms with Crippen molar-refractivity contribution in [2.24, 2.45) is 10.7 Å². The van der Waals surface area contributed by atoms with Crippen molar-refractivity contribution < 1.29 is 14.7 Å². The van der Waals surface area contributed by atoms with Crippen LogP contribution in [-0.2, 0) is 16.0 Å². The number of nitrogens with one attached hydrogen (secondary N) is 3. The number of carboxylic acids is 1. The fraction of sp³-hybridized carbons (Fsp3) is 0.121. The number of H-pyrrole nitrogens is 1. The van der Waals surface area contributed by atoms with Crippen molar-refractivity contribution in [1.82, 2.24) is 4.98 Å². The third-order valence-corrected chi connectivity index (χ3v) is 7.12. The van der Waals surface area contributed by atoms with Gasteiger partial charge in [-0.1, -0.05) is 55.1 Å². The van der Waals surface area contributed by atoms with Crippen LogP contribution in [0, 0.1) is 13.8 Å². The fourth-order valence-corrected chi connectivity index (χ4v) is 4.95. The van der Waals surface area contributed by atoms with E-state index in [9.17, 15) is 9.59 Å². The molecule has 1 aliphatic rings. The highest BCUT2D eigenvalue weighted by molar-refractivity contribution is 6.35. The number of hydrogen-bond donors (Lipinski definition) is 5. The highest BCUT2D eigenvalue weighted by atomic mass is 16.4. The molecule has 0 saturated carbocycles. The number of carboxylic acid groups (broad SMARTS) is 1. The van der Waals surface area contributed by atoms with Crippen molar-refractivity contribution in [3.05, 3.63) is 119 Å².